The highest BCUT2D eigenvalue weighted by molar-refractivity contribution is 5.36. The van der Waals surface area contributed by atoms with Crippen LogP contribution in [0.5, 0.6) is 5.75 Å². The molecule has 1 aliphatic heterocycles. The van der Waals surface area contributed by atoms with E-state index in [-0.39, 0.29) is 18.4 Å². The van der Waals surface area contributed by atoms with E-state index in [4.69, 9.17) is 20.1 Å². The maximum atomic E-state index is 8.96. The van der Waals surface area contributed by atoms with Crippen LogP contribution in [0.25, 0.3) is 0 Å². The van der Waals surface area contributed by atoms with Crippen molar-refractivity contribution >= 4 is 0 Å². The van der Waals surface area contributed by atoms with Gasteiger partial charge in [0.15, 0.2) is 5.82 Å². The van der Waals surface area contributed by atoms with Crippen LogP contribution < -0.4 is 10.5 Å². The molecular weight excluding hydrogens is 246 g/mol. The summed E-state index contributed by atoms with van der Waals surface area (Å²) < 4.78 is 10.7. The average molecular weight is 261 g/mol. The summed E-state index contributed by atoms with van der Waals surface area (Å²) >= 11 is 0. The molecule has 6 heteroatoms. The van der Waals surface area contributed by atoms with Crippen molar-refractivity contribution in [2.75, 3.05) is 13.2 Å². The van der Waals surface area contributed by atoms with Gasteiger partial charge in [-0.1, -0.05) is 23.4 Å². The van der Waals surface area contributed by atoms with Crippen molar-refractivity contribution in [3.8, 4) is 5.75 Å². The van der Waals surface area contributed by atoms with E-state index in [9.17, 15) is 0 Å². The third-order valence-corrected chi connectivity index (χ3v) is 3.22. The minimum absolute atomic E-state index is 0.0540. The van der Waals surface area contributed by atoms with Crippen LogP contribution >= 0.6 is 0 Å². The van der Waals surface area contributed by atoms with Gasteiger partial charge in [-0.15, -0.1) is 0 Å². The number of aliphatic hydroxyl groups excluding tert-OH is 1. The van der Waals surface area contributed by atoms with Crippen LogP contribution in [-0.2, 0) is 6.42 Å². The van der Waals surface area contributed by atoms with Crippen LogP contribution in [-0.4, -0.2) is 28.5 Å². The molecule has 100 valence electrons. The van der Waals surface area contributed by atoms with Gasteiger partial charge in [0.25, 0.3) is 0 Å². The molecule has 1 unspecified atom stereocenters. The number of benzene rings is 1. The molecule has 0 saturated heterocycles. The molecule has 0 amide bonds. The molecule has 0 fully saturated rings. The van der Waals surface area contributed by atoms with Gasteiger partial charge in [-0.25, -0.2) is 0 Å². The lowest BCUT2D eigenvalue weighted by atomic mass is 9.96. The molecular formula is C13H15N3O3. The Hall–Kier alpha value is -1.92. The molecule has 2 aromatic rings. The van der Waals surface area contributed by atoms with Crippen LogP contribution in [0.3, 0.4) is 0 Å². The normalized spacial score (nSPS) is 19.6. The number of nitrogens with zero attached hydrogens (tertiary/aromatic N) is 2. The van der Waals surface area contributed by atoms with Gasteiger partial charge in [0.2, 0.25) is 5.89 Å². The van der Waals surface area contributed by atoms with Crippen molar-refractivity contribution in [3.63, 3.8) is 0 Å². The maximum Gasteiger partial charge on any atom is 0.245 e. The number of nitrogens with two attached hydrogens (primary N) is 1. The van der Waals surface area contributed by atoms with E-state index in [1.54, 1.807) is 0 Å². The first-order valence-electron chi connectivity index (χ1n) is 6.18. The summed E-state index contributed by atoms with van der Waals surface area (Å²) in [6, 6.07) is 7.29. The Bertz CT molecular complexity index is 570. The first-order valence-corrected chi connectivity index (χ1v) is 6.18. The summed E-state index contributed by atoms with van der Waals surface area (Å²) in [4.78, 5) is 4.23. The average Bonchev–Trinajstić information content (AvgIpc) is 2.95. The largest absolute Gasteiger partial charge is 0.493 e. The van der Waals surface area contributed by atoms with Gasteiger partial charge < -0.3 is 20.1 Å². The van der Waals surface area contributed by atoms with Crippen LogP contribution in [0.4, 0.5) is 0 Å². The Morgan fingerprint density at radius 3 is 3.11 bits per heavy atom. The number of hydrogen-bond donors (Lipinski definition) is 2. The molecule has 3 N–H and O–H groups in total. The van der Waals surface area contributed by atoms with E-state index in [1.807, 2.05) is 24.3 Å². The number of aliphatic hydroxyl groups is 1. The molecule has 1 aromatic heterocycles. The fourth-order valence-electron chi connectivity index (χ4n) is 2.14. The van der Waals surface area contributed by atoms with Gasteiger partial charge in [-0.05, 0) is 18.1 Å². The van der Waals surface area contributed by atoms with Gasteiger partial charge in [-0.2, -0.15) is 4.98 Å². The fraction of sp³-hybridized carbons (Fsp3) is 0.385. The smallest absolute Gasteiger partial charge is 0.245 e. The van der Waals surface area contributed by atoms with Crippen LogP contribution in [0.1, 0.15) is 29.2 Å². The van der Waals surface area contributed by atoms with Gasteiger partial charge in [0.05, 0.1) is 19.1 Å². The molecule has 1 aliphatic rings. The van der Waals surface area contributed by atoms with E-state index in [0.29, 0.717) is 12.4 Å². The lowest BCUT2D eigenvalue weighted by molar-refractivity contribution is 0.234. The second-order valence-corrected chi connectivity index (χ2v) is 4.60. The number of para-hydroxylation sites is 1. The van der Waals surface area contributed by atoms with E-state index >= 15 is 0 Å². The number of aromatic nitrogens is 2. The first kappa shape index (κ1) is 12.1. The molecule has 6 nitrogen and oxygen atoms in total. The summed E-state index contributed by atoms with van der Waals surface area (Å²) in [6.07, 6.45) is 0.809. The fourth-order valence-corrected chi connectivity index (χ4v) is 2.14. The Morgan fingerprint density at radius 1 is 1.42 bits per heavy atom. The Balaban J connectivity index is 1.79. The minimum atomic E-state index is -0.627. The van der Waals surface area contributed by atoms with Crippen LogP contribution in [0, 0.1) is 0 Å². The quantitative estimate of drug-likeness (QED) is 0.848. The molecule has 0 aliphatic carbocycles. The highest BCUT2D eigenvalue weighted by Crippen LogP contribution is 2.31. The third-order valence-electron chi connectivity index (χ3n) is 3.22. The second-order valence-electron chi connectivity index (χ2n) is 4.60. The topological polar surface area (TPSA) is 94.4 Å². The Morgan fingerprint density at radius 2 is 2.26 bits per heavy atom. The third kappa shape index (κ3) is 2.32. The zero-order valence-electron chi connectivity index (χ0n) is 10.3. The summed E-state index contributed by atoms with van der Waals surface area (Å²) in [5.41, 5.74) is 6.77. The van der Waals surface area contributed by atoms with Crippen molar-refractivity contribution < 1.29 is 14.4 Å². The van der Waals surface area contributed by atoms with Crippen molar-refractivity contribution in [3.05, 3.63) is 41.5 Å². The van der Waals surface area contributed by atoms with E-state index in [1.165, 1.54) is 0 Å². The highest BCUT2D eigenvalue weighted by atomic mass is 16.5. The van der Waals surface area contributed by atoms with Gasteiger partial charge in [-0.3, -0.25) is 0 Å². The first-order chi connectivity index (χ1) is 9.28. The summed E-state index contributed by atoms with van der Waals surface area (Å²) in [5, 5.41) is 12.9. The summed E-state index contributed by atoms with van der Waals surface area (Å²) in [7, 11) is 0. The molecule has 0 radical (unpaired) electrons. The van der Waals surface area contributed by atoms with Crippen molar-refractivity contribution in [1.29, 1.82) is 0 Å². The minimum Gasteiger partial charge on any atom is -0.493 e. The zero-order chi connectivity index (χ0) is 13.2. The van der Waals surface area contributed by atoms with E-state index in [0.717, 1.165) is 17.7 Å². The van der Waals surface area contributed by atoms with E-state index < -0.39 is 6.04 Å². The zero-order valence-corrected chi connectivity index (χ0v) is 10.3. The van der Waals surface area contributed by atoms with Gasteiger partial charge >= 0.3 is 0 Å². The number of rotatable bonds is 3. The molecule has 0 bridgehead atoms. The molecule has 0 saturated carbocycles. The number of fused-ring (bicyclic) bond motifs is 1. The number of ether oxygens (including phenoxy) is 1. The second kappa shape index (κ2) is 4.99. The predicted molar refractivity (Wildman–Crippen MR) is 66.7 cm³/mol. The lowest BCUT2D eigenvalue weighted by Gasteiger charge is -2.22. The maximum absolute atomic E-state index is 8.96. The predicted octanol–water partition coefficient (Wildman–Crippen LogP) is 0.780. The summed E-state index contributed by atoms with van der Waals surface area (Å²) in [6.45, 7) is 0.302. The van der Waals surface area contributed by atoms with Crippen LogP contribution in [0.2, 0.25) is 0 Å². The summed E-state index contributed by atoms with van der Waals surface area (Å²) in [5.74, 6) is 1.80. The van der Waals surface area contributed by atoms with Crippen molar-refractivity contribution in [2.45, 2.75) is 18.4 Å². The SMILES string of the molecule is N[C@@H](CO)c1nc(C2COc3ccccc3C2)no1. The number of hydrogen-bond acceptors (Lipinski definition) is 6. The van der Waals surface area contributed by atoms with E-state index in [2.05, 4.69) is 10.1 Å². The molecule has 2 atom stereocenters. The molecule has 2 heterocycles. The lowest BCUT2D eigenvalue weighted by Crippen LogP contribution is -2.20. The van der Waals surface area contributed by atoms with Gasteiger partial charge in [0.1, 0.15) is 11.8 Å². The van der Waals surface area contributed by atoms with Crippen molar-refractivity contribution in [1.82, 2.24) is 10.1 Å². The molecule has 0 spiro atoms. The molecule has 1 aromatic carbocycles. The Kier molecular flexibility index (Phi) is 3.18. The highest BCUT2D eigenvalue weighted by Gasteiger charge is 2.26. The Labute approximate surface area is 110 Å². The molecule has 3 rings (SSSR count). The van der Waals surface area contributed by atoms with Crippen LogP contribution in [0.15, 0.2) is 28.8 Å². The standard InChI is InChI=1S/C13H15N3O3/c14-10(6-17)13-15-12(16-19-13)9-5-8-3-1-2-4-11(8)18-7-9/h1-4,9-10,17H,5-7,14H2/t9?,10-/m0/s1. The van der Waals surface area contributed by atoms with Crippen molar-refractivity contribution in [2.24, 2.45) is 5.73 Å². The van der Waals surface area contributed by atoms with Gasteiger partial charge in [0, 0.05) is 0 Å². The monoisotopic (exact) mass is 261 g/mol. The molecule has 19 heavy (non-hydrogen) atoms.